The minimum Gasteiger partial charge on any atom is -0.389 e. The summed E-state index contributed by atoms with van der Waals surface area (Å²) in [5, 5.41) is 10.7. The van der Waals surface area contributed by atoms with Gasteiger partial charge < -0.3 is 5.11 Å². The zero-order valence-corrected chi connectivity index (χ0v) is 10.7. The molecule has 1 N–H and O–H groups in total. The van der Waals surface area contributed by atoms with Gasteiger partial charge in [0.1, 0.15) is 5.82 Å². The van der Waals surface area contributed by atoms with Crippen molar-refractivity contribution in [2.75, 3.05) is 0 Å². The number of hydrogen-bond acceptors (Lipinski definition) is 1. The highest BCUT2D eigenvalue weighted by molar-refractivity contribution is 5.28. The molecular formula is C15H21FO. The molecule has 1 aliphatic carbocycles. The molecule has 2 unspecified atom stereocenters. The molecule has 0 saturated heterocycles. The first-order chi connectivity index (χ1) is 8.01. The van der Waals surface area contributed by atoms with Gasteiger partial charge in [0.05, 0.1) is 5.60 Å². The molecule has 2 heteroatoms. The molecule has 1 aromatic carbocycles. The second kappa shape index (κ2) is 4.77. The minimum atomic E-state index is -0.596. The van der Waals surface area contributed by atoms with Crippen LogP contribution in [0.1, 0.15) is 43.7 Å². The zero-order valence-electron chi connectivity index (χ0n) is 10.7. The molecule has 0 bridgehead atoms. The molecule has 1 aliphatic rings. The normalized spacial score (nSPS) is 29.3. The van der Waals surface area contributed by atoms with E-state index in [1.165, 1.54) is 12.5 Å². The summed E-state index contributed by atoms with van der Waals surface area (Å²) in [6.07, 6.45) is 4.93. The molecule has 0 aliphatic heterocycles. The lowest BCUT2D eigenvalue weighted by Crippen LogP contribution is -2.41. The Morgan fingerprint density at radius 1 is 1.41 bits per heavy atom. The van der Waals surface area contributed by atoms with E-state index in [1.54, 1.807) is 6.07 Å². The van der Waals surface area contributed by atoms with Gasteiger partial charge in [-0.15, -0.1) is 0 Å². The van der Waals surface area contributed by atoms with E-state index in [4.69, 9.17) is 0 Å². The number of halogens is 1. The van der Waals surface area contributed by atoms with E-state index >= 15 is 0 Å². The Morgan fingerprint density at radius 2 is 2.18 bits per heavy atom. The monoisotopic (exact) mass is 236 g/mol. The Morgan fingerprint density at radius 3 is 2.82 bits per heavy atom. The fourth-order valence-electron chi connectivity index (χ4n) is 2.85. The third kappa shape index (κ3) is 2.68. The number of hydrogen-bond donors (Lipinski definition) is 1. The van der Waals surface area contributed by atoms with E-state index in [0.717, 1.165) is 30.4 Å². The predicted molar refractivity (Wildman–Crippen MR) is 67.4 cm³/mol. The Hall–Kier alpha value is -0.890. The van der Waals surface area contributed by atoms with Crippen LogP contribution in [0.15, 0.2) is 18.2 Å². The molecular weight excluding hydrogens is 215 g/mol. The fraction of sp³-hybridized carbons (Fsp3) is 0.600. The van der Waals surface area contributed by atoms with Crippen molar-refractivity contribution >= 4 is 0 Å². The summed E-state index contributed by atoms with van der Waals surface area (Å²) in [5.74, 6) is 0.135. The summed E-state index contributed by atoms with van der Waals surface area (Å²) >= 11 is 0. The second-order valence-electron chi connectivity index (χ2n) is 5.50. The maximum absolute atomic E-state index is 13.0. The first-order valence-corrected chi connectivity index (χ1v) is 6.49. The minimum absolute atomic E-state index is 0.199. The molecule has 0 spiro atoms. The van der Waals surface area contributed by atoms with Gasteiger partial charge in [0.15, 0.2) is 0 Å². The van der Waals surface area contributed by atoms with Crippen LogP contribution in [0.2, 0.25) is 0 Å². The van der Waals surface area contributed by atoms with Crippen LogP contribution >= 0.6 is 0 Å². The van der Waals surface area contributed by atoms with Crippen molar-refractivity contribution < 1.29 is 9.50 Å². The molecule has 17 heavy (non-hydrogen) atoms. The molecule has 1 nitrogen and oxygen atoms in total. The van der Waals surface area contributed by atoms with Gasteiger partial charge in [-0.2, -0.15) is 0 Å². The quantitative estimate of drug-likeness (QED) is 0.831. The Labute approximate surface area is 103 Å². The lowest BCUT2D eigenvalue weighted by molar-refractivity contribution is -0.0406. The van der Waals surface area contributed by atoms with E-state index in [-0.39, 0.29) is 5.82 Å². The maximum atomic E-state index is 13.0. The van der Waals surface area contributed by atoms with E-state index < -0.39 is 5.60 Å². The Bertz CT molecular complexity index is 402. The van der Waals surface area contributed by atoms with Gasteiger partial charge in [0, 0.05) is 6.42 Å². The highest BCUT2D eigenvalue weighted by Gasteiger charge is 2.36. The summed E-state index contributed by atoms with van der Waals surface area (Å²) in [6.45, 7) is 4.04. The number of aliphatic hydroxyl groups is 1. The molecule has 94 valence electrons. The van der Waals surface area contributed by atoms with Crippen LogP contribution in [0.3, 0.4) is 0 Å². The molecule has 0 heterocycles. The summed E-state index contributed by atoms with van der Waals surface area (Å²) in [7, 11) is 0. The topological polar surface area (TPSA) is 20.2 Å². The molecule has 1 aromatic rings. The average molecular weight is 236 g/mol. The van der Waals surface area contributed by atoms with Crippen LogP contribution in [-0.4, -0.2) is 10.7 Å². The van der Waals surface area contributed by atoms with Crippen LogP contribution < -0.4 is 0 Å². The van der Waals surface area contributed by atoms with Crippen LogP contribution in [0.5, 0.6) is 0 Å². The van der Waals surface area contributed by atoms with E-state index in [1.807, 2.05) is 13.0 Å². The van der Waals surface area contributed by atoms with Crippen LogP contribution in [-0.2, 0) is 6.42 Å². The molecule has 1 saturated carbocycles. The average Bonchev–Trinajstić information content (AvgIpc) is 2.27. The maximum Gasteiger partial charge on any atom is 0.123 e. The summed E-state index contributed by atoms with van der Waals surface area (Å²) in [6, 6.07) is 4.84. The zero-order chi connectivity index (χ0) is 12.5. The summed E-state index contributed by atoms with van der Waals surface area (Å²) < 4.78 is 13.0. The van der Waals surface area contributed by atoms with Crippen molar-refractivity contribution in [3.05, 3.63) is 35.1 Å². The first-order valence-electron chi connectivity index (χ1n) is 6.49. The van der Waals surface area contributed by atoms with E-state index in [0.29, 0.717) is 12.3 Å². The van der Waals surface area contributed by atoms with Gasteiger partial charge in [0.2, 0.25) is 0 Å². The number of rotatable bonds is 2. The highest BCUT2D eigenvalue weighted by Crippen LogP contribution is 2.36. The molecule has 0 radical (unpaired) electrons. The lowest BCUT2D eigenvalue weighted by atomic mass is 9.73. The SMILES string of the molecule is Cc1cc(F)ccc1CC1(O)CCCCC1C. The van der Waals surface area contributed by atoms with Gasteiger partial charge in [-0.25, -0.2) is 4.39 Å². The largest absolute Gasteiger partial charge is 0.389 e. The van der Waals surface area contributed by atoms with Gasteiger partial charge >= 0.3 is 0 Å². The third-order valence-corrected chi connectivity index (χ3v) is 4.22. The molecule has 2 atom stereocenters. The second-order valence-corrected chi connectivity index (χ2v) is 5.50. The van der Waals surface area contributed by atoms with Crippen LogP contribution in [0.4, 0.5) is 4.39 Å². The molecule has 0 amide bonds. The molecule has 0 aromatic heterocycles. The summed E-state index contributed by atoms with van der Waals surface area (Å²) in [4.78, 5) is 0. The van der Waals surface area contributed by atoms with Crippen molar-refractivity contribution in [3.63, 3.8) is 0 Å². The fourth-order valence-corrected chi connectivity index (χ4v) is 2.85. The van der Waals surface area contributed by atoms with Gasteiger partial charge in [-0.1, -0.05) is 25.8 Å². The van der Waals surface area contributed by atoms with Crippen LogP contribution in [0.25, 0.3) is 0 Å². The predicted octanol–water partition coefficient (Wildman–Crippen LogP) is 3.62. The third-order valence-electron chi connectivity index (χ3n) is 4.22. The standard InChI is InChI=1S/C15H21FO/c1-11-9-14(16)7-6-13(11)10-15(17)8-4-3-5-12(15)2/h6-7,9,12,17H,3-5,8,10H2,1-2H3. The molecule has 2 rings (SSSR count). The molecule has 1 fully saturated rings. The lowest BCUT2D eigenvalue weighted by Gasteiger charge is -2.38. The van der Waals surface area contributed by atoms with Crippen molar-refractivity contribution in [1.82, 2.24) is 0 Å². The van der Waals surface area contributed by atoms with Crippen molar-refractivity contribution in [2.24, 2.45) is 5.92 Å². The van der Waals surface area contributed by atoms with Crippen molar-refractivity contribution in [1.29, 1.82) is 0 Å². The Kier molecular flexibility index (Phi) is 3.53. The summed E-state index contributed by atoms with van der Waals surface area (Å²) in [5.41, 5.74) is 1.42. The van der Waals surface area contributed by atoms with Crippen molar-refractivity contribution in [2.45, 2.75) is 51.6 Å². The van der Waals surface area contributed by atoms with Gasteiger partial charge in [-0.05, 0) is 48.9 Å². The van der Waals surface area contributed by atoms with Crippen molar-refractivity contribution in [3.8, 4) is 0 Å². The number of aryl methyl sites for hydroxylation is 1. The van der Waals surface area contributed by atoms with Gasteiger partial charge in [0.25, 0.3) is 0 Å². The van der Waals surface area contributed by atoms with Crippen LogP contribution in [0, 0.1) is 18.7 Å². The number of benzene rings is 1. The van der Waals surface area contributed by atoms with E-state index in [2.05, 4.69) is 6.92 Å². The first kappa shape index (κ1) is 12.6. The smallest absolute Gasteiger partial charge is 0.123 e. The van der Waals surface area contributed by atoms with Gasteiger partial charge in [-0.3, -0.25) is 0 Å². The van der Waals surface area contributed by atoms with E-state index in [9.17, 15) is 9.50 Å². The Balaban J connectivity index is 2.19. The highest BCUT2D eigenvalue weighted by atomic mass is 19.1.